The van der Waals surface area contributed by atoms with Crippen LogP contribution in [0.5, 0.6) is 0 Å². The van der Waals surface area contributed by atoms with Crippen LogP contribution in [0.1, 0.15) is 18.2 Å². The van der Waals surface area contributed by atoms with E-state index in [0.717, 1.165) is 11.7 Å². The fourth-order valence-electron chi connectivity index (χ4n) is 2.28. The SMILES string of the molecule is COC(=O)P(=O)(O)OC[C@H]1O[C@@H](n2cc(/C=C\Br)c(=O)[nH]c2=O)C[C@@H]1O. The van der Waals surface area contributed by atoms with E-state index < -0.39 is 49.6 Å². The number of ether oxygens (including phenoxy) is 2. The van der Waals surface area contributed by atoms with E-state index in [4.69, 9.17) is 4.74 Å². The van der Waals surface area contributed by atoms with Crippen LogP contribution in [-0.4, -0.2) is 51.2 Å². The number of hydrogen-bond donors (Lipinski definition) is 3. The molecule has 13 heteroatoms. The molecule has 26 heavy (non-hydrogen) atoms. The van der Waals surface area contributed by atoms with Crippen molar-refractivity contribution in [2.45, 2.75) is 24.9 Å². The smallest absolute Gasteiger partial charge is 0.435 e. The lowest BCUT2D eigenvalue weighted by Gasteiger charge is -2.17. The molecule has 4 atom stereocenters. The van der Waals surface area contributed by atoms with Crippen LogP contribution < -0.4 is 11.2 Å². The standard InChI is InChI=1S/C13H16BrN2O9P/c1-23-13(20)26(21,22)24-6-9-8(17)4-10(25-9)16-5-7(2-3-14)11(18)15-12(16)19/h2-3,5,8-10,17H,4,6H2,1H3,(H,21,22)(H,15,18,19)/b3-2-/t8-,9+,10+/m0/s1. The highest BCUT2D eigenvalue weighted by Gasteiger charge is 2.39. The van der Waals surface area contributed by atoms with Gasteiger partial charge in [0.05, 0.1) is 25.4 Å². The number of H-pyrrole nitrogens is 1. The third-order valence-electron chi connectivity index (χ3n) is 3.57. The van der Waals surface area contributed by atoms with Crippen molar-refractivity contribution >= 4 is 35.3 Å². The van der Waals surface area contributed by atoms with Crippen LogP contribution >= 0.6 is 23.5 Å². The second-order valence-corrected chi connectivity index (χ2v) is 7.45. The van der Waals surface area contributed by atoms with Gasteiger partial charge in [-0.1, -0.05) is 15.9 Å². The number of hydrogen-bond acceptors (Lipinski definition) is 8. The number of aliphatic hydroxyl groups excluding tert-OH is 1. The molecule has 0 amide bonds. The lowest BCUT2D eigenvalue weighted by atomic mass is 10.2. The molecule has 2 heterocycles. The molecule has 11 nitrogen and oxygen atoms in total. The number of methoxy groups -OCH3 is 1. The van der Waals surface area contributed by atoms with Gasteiger partial charge >= 0.3 is 19.0 Å². The highest BCUT2D eigenvalue weighted by Crippen LogP contribution is 2.44. The summed E-state index contributed by atoms with van der Waals surface area (Å²) in [6, 6.07) is 0. The van der Waals surface area contributed by atoms with Crippen LogP contribution in [0.4, 0.5) is 4.79 Å². The van der Waals surface area contributed by atoms with E-state index in [1.165, 1.54) is 17.3 Å². The maximum Gasteiger partial charge on any atom is 0.435 e. The molecule has 3 N–H and O–H groups in total. The van der Waals surface area contributed by atoms with E-state index in [1.807, 2.05) is 0 Å². The minimum atomic E-state index is -4.67. The summed E-state index contributed by atoms with van der Waals surface area (Å²) >= 11 is 3.03. The second kappa shape index (κ2) is 8.42. The largest absolute Gasteiger partial charge is 0.460 e. The number of carbonyl (C=O) groups excluding carboxylic acids is 1. The van der Waals surface area contributed by atoms with Crippen molar-refractivity contribution in [3.05, 3.63) is 37.6 Å². The molecule has 1 unspecified atom stereocenters. The van der Waals surface area contributed by atoms with Crippen LogP contribution in [0.2, 0.25) is 0 Å². The van der Waals surface area contributed by atoms with E-state index in [9.17, 15) is 28.9 Å². The summed E-state index contributed by atoms with van der Waals surface area (Å²) in [7, 11) is -3.75. The van der Waals surface area contributed by atoms with Gasteiger partial charge in [0.2, 0.25) is 0 Å². The first-order valence-electron chi connectivity index (χ1n) is 7.21. The summed E-state index contributed by atoms with van der Waals surface area (Å²) in [5.41, 5.74) is -2.61. The third-order valence-corrected chi connectivity index (χ3v) is 4.98. The Morgan fingerprint density at radius 3 is 2.88 bits per heavy atom. The first-order chi connectivity index (χ1) is 12.2. The van der Waals surface area contributed by atoms with Gasteiger partial charge in [-0.15, -0.1) is 0 Å². The molecule has 0 saturated carbocycles. The summed E-state index contributed by atoms with van der Waals surface area (Å²) in [6.07, 6.45) is -0.512. The first kappa shape index (κ1) is 20.7. The second-order valence-electron chi connectivity index (χ2n) is 5.26. The molecule has 0 spiro atoms. The molecule has 0 aliphatic carbocycles. The van der Waals surface area contributed by atoms with Gasteiger partial charge in [0.15, 0.2) is 0 Å². The molecule has 1 aromatic rings. The van der Waals surface area contributed by atoms with Gasteiger partial charge in [0.25, 0.3) is 5.56 Å². The van der Waals surface area contributed by atoms with Crippen LogP contribution in [-0.2, 0) is 18.6 Å². The zero-order chi connectivity index (χ0) is 19.5. The Kier molecular flexibility index (Phi) is 6.72. The summed E-state index contributed by atoms with van der Waals surface area (Å²) in [5.74, 6) is 0. The Balaban J connectivity index is 2.15. The van der Waals surface area contributed by atoms with Crippen LogP contribution in [0.15, 0.2) is 20.8 Å². The molecule has 1 aliphatic heterocycles. The number of aromatic amines is 1. The lowest BCUT2D eigenvalue weighted by molar-refractivity contribution is -0.0423. The normalized spacial score (nSPS) is 25.3. The lowest BCUT2D eigenvalue weighted by Crippen LogP contribution is -2.33. The van der Waals surface area contributed by atoms with Gasteiger partial charge in [0, 0.05) is 12.6 Å². The van der Waals surface area contributed by atoms with Gasteiger partial charge < -0.3 is 19.5 Å². The van der Waals surface area contributed by atoms with Gasteiger partial charge in [-0.2, -0.15) is 0 Å². The molecule has 0 aromatic carbocycles. The molecule has 144 valence electrons. The molecular formula is C13H16BrN2O9P. The zero-order valence-corrected chi connectivity index (χ0v) is 15.9. The number of nitrogens with zero attached hydrogens (tertiary/aromatic N) is 1. The minimum Gasteiger partial charge on any atom is -0.460 e. The van der Waals surface area contributed by atoms with Crippen molar-refractivity contribution in [2.75, 3.05) is 13.7 Å². The average Bonchev–Trinajstić information content (AvgIpc) is 2.95. The topological polar surface area (TPSA) is 157 Å². The molecular weight excluding hydrogens is 439 g/mol. The fraction of sp³-hybridized carbons (Fsp3) is 0.462. The predicted octanol–water partition coefficient (Wildman–Crippen LogP) is 0.519. The van der Waals surface area contributed by atoms with Crippen molar-refractivity contribution in [1.29, 1.82) is 0 Å². The van der Waals surface area contributed by atoms with Crippen LogP contribution in [0, 0.1) is 0 Å². The number of aromatic nitrogens is 2. The van der Waals surface area contributed by atoms with Gasteiger partial charge in [0.1, 0.15) is 12.3 Å². The zero-order valence-electron chi connectivity index (χ0n) is 13.4. The van der Waals surface area contributed by atoms with E-state index in [1.54, 1.807) is 0 Å². The number of carbonyl (C=O) groups is 1. The molecule has 1 aliphatic rings. The molecule has 0 radical (unpaired) electrons. The Morgan fingerprint density at radius 1 is 1.58 bits per heavy atom. The molecule has 1 saturated heterocycles. The van der Waals surface area contributed by atoms with E-state index >= 15 is 0 Å². The highest BCUT2D eigenvalue weighted by atomic mass is 79.9. The Bertz CT molecular complexity index is 864. The van der Waals surface area contributed by atoms with Gasteiger partial charge in [-0.25, -0.2) is 14.2 Å². The maximum absolute atomic E-state index is 12.0. The van der Waals surface area contributed by atoms with Crippen molar-refractivity contribution < 1.29 is 33.4 Å². The monoisotopic (exact) mass is 454 g/mol. The molecule has 2 rings (SSSR count). The first-order valence-corrected chi connectivity index (χ1v) is 9.70. The van der Waals surface area contributed by atoms with E-state index in [0.29, 0.717) is 0 Å². The van der Waals surface area contributed by atoms with Crippen molar-refractivity contribution in [3.8, 4) is 0 Å². The number of halogens is 1. The average molecular weight is 455 g/mol. The van der Waals surface area contributed by atoms with Crippen molar-refractivity contribution in [3.63, 3.8) is 0 Å². The van der Waals surface area contributed by atoms with E-state index in [2.05, 4.69) is 30.2 Å². The van der Waals surface area contributed by atoms with Gasteiger partial charge in [-0.05, 0) is 11.1 Å². The number of aliphatic hydroxyl groups is 1. The van der Waals surface area contributed by atoms with Crippen molar-refractivity contribution in [2.24, 2.45) is 0 Å². The summed E-state index contributed by atoms with van der Waals surface area (Å²) < 4.78 is 26.9. The van der Waals surface area contributed by atoms with Crippen LogP contribution in [0.25, 0.3) is 6.08 Å². The van der Waals surface area contributed by atoms with Crippen molar-refractivity contribution in [1.82, 2.24) is 9.55 Å². The Hall–Kier alpha value is -1.56. The molecule has 1 fully saturated rings. The van der Waals surface area contributed by atoms with Gasteiger partial charge in [-0.3, -0.25) is 18.9 Å². The minimum absolute atomic E-state index is 0.0363. The highest BCUT2D eigenvalue weighted by molar-refractivity contribution is 9.11. The number of nitrogens with one attached hydrogen (secondary N) is 1. The predicted molar refractivity (Wildman–Crippen MR) is 92.0 cm³/mol. The third kappa shape index (κ3) is 4.58. The number of rotatable bonds is 6. The Labute approximate surface area is 154 Å². The molecule has 1 aromatic heterocycles. The summed E-state index contributed by atoms with van der Waals surface area (Å²) in [6.45, 7) is -0.577. The quantitative estimate of drug-likeness (QED) is 0.520. The maximum atomic E-state index is 12.0. The fourth-order valence-corrected chi connectivity index (χ4v) is 3.25. The molecule has 0 bridgehead atoms. The Morgan fingerprint density at radius 2 is 2.27 bits per heavy atom. The summed E-state index contributed by atoms with van der Waals surface area (Å²) in [5, 5.41) is 10.0. The van der Waals surface area contributed by atoms with E-state index in [-0.39, 0.29) is 12.0 Å². The van der Waals surface area contributed by atoms with Crippen LogP contribution in [0.3, 0.4) is 0 Å². The summed E-state index contributed by atoms with van der Waals surface area (Å²) in [4.78, 5) is 47.7.